The van der Waals surface area contributed by atoms with Gasteiger partial charge < -0.3 is 4.84 Å². The SMILES string of the molecule is C1NOCC2CC12. The summed E-state index contributed by atoms with van der Waals surface area (Å²) in [5.74, 6) is 1.88. The van der Waals surface area contributed by atoms with Crippen LogP contribution in [0.2, 0.25) is 0 Å². The molecule has 0 aromatic rings. The third kappa shape index (κ3) is 0.545. The van der Waals surface area contributed by atoms with Crippen LogP contribution < -0.4 is 5.48 Å². The summed E-state index contributed by atoms with van der Waals surface area (Å²) < 4.78 is 0. The number of hydroxylamine groups is 1. The van der Waals surface area contributed by atoms with Crippen molar-refractivity contribution in [1.82, 2.24) is 5.48 Å². The summed E-state index contributed by atoms with van der Waals surface area (Å²) in [6.45, 7) is 2.04. The molecule has 0 bridgehead atoms. The third-order valence-corrected chi connectivity index (χ3v) is 1.81. The van der Waals surface area contributed by atoms with Gasteiger partial charge in [0.05, 0.1) is 6.61 Å². The summed E-state index contributed by atoms with van der Waals surface area (Å²) in [4.78, 5) is 4.97. The van der Waals surface area contributed by atoms with Crippen LogP contribution in [0.3, 0.4) is 0 Å². The highest BCUT2D eigenvalue weighted by Crippen LogP contribution is 2.39. The highest BCUT2D eigenvalue weighted by atomic mass is 16.6. The predicted molar refractivity (Wildman–Crippen MR) is 25.6 cm³/mol. The number of hydrogen-bond donors (Lipinski definition) is 1. The normalized spacial score (nSPS) is 48.0. The number of rotatable bonds is 0. The van der Waals surface area contributed by atoms with Crippen LogP contribution in [-0.2, 0) is 4.84 Å². The van der Waals surface area contributed by atoms with E-state index in [1.54, 1.807) is 0 Å². The Morgan fingerprint density at radius 2 is 2.43 bits per heavy atom. The summed E-state index contributed by atoms with van der Waals surface area (Å²) in [5, 5.41) is 0. The second-order valence-corrected chi connectivity index (χ2v) is 2.42. The third-order valence-electron chi connectivity index (χ3n) is 1.81. The molecule has 1 aliphatic heterocycles. The summed E-state index contributed by atoms with van der Waals surface area (Å²) in [5.41, 5.74) is 2.88. The van der Waals surface area contributed by atoms with Crippen molar-refractivity contribution in [3.8, 4) is 0 Å². The first-order valence-corrected chi connectivity index (χ1v) is 2.81. The molecule has 2 atom stereocenters. The number of nitrogens with one attached hydrogen (secondary N) is 1. The lowest BCUT2D eigenvalue weighted by molar-refractivity contribution is 0.00660. The van der Waals surface area contributed by atoms with Crippen molar-refractivity contribution < 1.29 is 4.84 Å². The van der Waals surface area contributed by atoms with E-state index in [2.05, 4.69) is 5.48 Å². The van der Waals surface area contributed by atoms with Crippen molar-refractivity contribution in [2.45, 2.75) is 6.42 Å². The van der Waals surface area contributed by atoms with Gasteiger partial charge in [-0.1, -0.05) is 0 Å². The van der Waals surface area contributed by atoms with Gasteiger partial charge >= 0.3 is 0 Å². The maximum Gasteiger partial charge on any atom is 0.0713 e. The molecule has 7 heavy (non-hydrogen) atoms. The van der Waals surface area contributed by atoms with Gasteiger partial charge in [0.1, 0.15) is 0 Å². The van der Waals surface area contributed by atoms with Crippen molar-refractivity contribution in [3.05, 3.63) is 0 Å². The van der Waals surface area contributed by atoms with E-state index in [0.717, 1.165) is 25.0 Å². The van der Waals surface area contributed by atoms with Crippen LogP contribution in [0.15, 0.2) is 0 Å². The molecular weight excluding hydrogens is 90.1 g/mol. The quantitative estimate of drug-likeness (QED) is 0.467. The lowest BCUT2D eigenvalue weighted by atomic mass is 10.3. The first kappa shape index (κ1) is 3.87. The van der Waals surface area contributed by atoms with Gasteiger partial charge in [0.25, 0.3) is 0 Å². The highest BCUT2D eigenvalue weighted by molar-refractivity contribution is 4.88. The second kappa shape index (κ2) is 1.20. The molecule has 0 spiro atoms. The minimum Gasteiger partial charge on any atom is -0.301 e. The Labute approximate surface area is 42.8 Å². The van der Waals surface area contributed by atoms with E-state index in [9.17, 15) is 0 Å². The zero-order valence-corrected chi connectivity index (χ0v) is 4.18. The first-order valence-electron chi connectivity index (χ1n) is 2.81. The average Bonchev–Trinajstić information content (AvgIpc) is 2.41. The first-order chi connectivity index (χ1) is 3.47. The lowest BCUT2D eigenvalue weighted by Crippen LogP contribution is -2.24. The Kier molecular flexibility index (Phi) is 0.664. The molecule has 2 fully saturated rings. The van der Waals surface area contributed by atoms with Gasteiger partial charge in [-0.2, -0.15) is 0 Å². The smallest absolute Gasteiger partial charge is 0.0713 e. The minimum atomic E-state index is 0.918. The van der Waals surface area contributed by atoms with E-state index in [1.165, 1.54) is 6.42 Å². The molecule has 2 aliphatic rings. The summed E-state index contributed by atoms with van der Waals surface area (Å²) in [6.07, 6.45) is 1.40. The molecule has 0 aromatic heterocycles. The largest absolute Gasteiger partial charge is 0.301 e. The van der Waals surface area contributed by atoms with Crippen molar-refractivity contribution in [1.29, 1.82) is 0 Å². The average molecular weight is 99.1 g/mol. The molecule has 2 unspecified atom stereocenters. The van der Waals surface area contributed by atoms with Crippen molar-refractivity contribution in [3.63, 3.8) is 0 Å². The minimum absolute atomic E-state index is 0.918. The predicted octanol–water partition coefficient (Wildman–Crippen LogP) is 0.157. The van der Waals surface area contributed by atoms with E-state index in [-0.39, 0.29) is 0 Å². The lowest BCUT2D eigenvalue weighted by Gasteiger charge is -2.09. The fourth-order valence-electron chi connectivity index (χ4n) is 1.10. The zero-order chi connectivity index (χ0) is 4.69. The molecule has 1 N–H and O–H groups in total. The molecule has 0 radical (unpaired) electrons. The van der Waals surface area contributed by atoms with E-state index >= 15 is 0 Å². The molecule has 0 amide bonds. The molecule has 40 valence electrons. The summed E-state index contributed by atoms with van der Waals surface area (Å²) >= 11 is 0. The van der Waals surface area contributed by atoms with Crippen LogP contribution in [0, 0.1) is 11.8 Å². The molecule has 1 heterocycles. The van der Waals surface area contributed by atoms with Crippen LogP contribution >= 0.6 is 0 Å². The van der Waals surface area contributed by atoms with Crippen molar-refractivity contribution in [2.75, 3.05) is 13.2 Å². The Bertz CT molecular complexity index is 74.1. The van der Waals surface area contributed by atoms with Gasteiger partial charge in [0.2, 0.25) is 0 Å². The van der Waals surface area contributed by atoms with Crippen LogP contribution in [0.5, 0.6) is 0 Å². The van der Waals surface area contributed by atoms with Gasteiger partial charge in [-0.05, 0) is 18.3 Å². The van der Waals surface area contributed by atoms with E-state index in [1.807, 2.05) is 0 Å². The Balaban J connectivity index is 1.95. The molecular formula is C5H9NO. The summed E-state index contributed by atoms with van der Waals surface area (Å²) in [6, 6.07) is 0. The van der Waals surface area contributed by atoms with Gasteiger partial charge in [-0.3, -0.25) is 0 Å². The highest BCUT2D eigenvalue weighted by Gasteiger charge is 2.39. The molecule has 1 saturated carbocycles. The maximum atomic E-state index is 4.97. The molecule has 2 rings (SSSR count). The molecule has 0 aromatic carbocycles. The molecule has 2 heteroatoms. The fourth-order valence-corrected chi connectivity index (χ4v) is 1.10. The Morgan fingerprint density at radius 1 is 1.43 bits per heavy atom. The number of hydrogen-bond acceptors (Lipinski definition) is 2. The monoisotopic (exact) mass is 99.1 g/mol. The standard InChI is InChI=1S/C5H9NO/c1-4-2-6-7-3-5(1)4/h4-6H,1-3H2. The van der Waals surface area contributed by atoms with Gasteiger partial charge in [-0.25, -0.2) is 5.48 Å². The van der Waals surface area contributed by atoms with Crippen molar-refractivity contribution >= 4 is 0 Å². The Morgan fingerprint density at radius 3 is 3.00 bits per heavy atom. The van der Waals surface area contributed by atoms with Gasteiger partial charge in [0, 0.05) is 6.54 Å². The van der Waals surface area contributed by atoms with E-state index < -0.39 is 0 Å². The van der Waals surface area contributed by atoms with Crippen LogP contribution in [0.25, 0.3) is 0 Å². The molecule has 1 aliphatic carbocycles. The number of fused-ring (bicyclic) bond motifs is 1. The maximum absolute atomic E-state index is 4.97. The summed E-state index contributed by atoms with van der Waals surface area (Å²) in [7, 11) is 0. The van der Waals surface area contributed by atoms with Crippen LogP contribution in [-0.4, -0.2) is 13.2 Å². The molecule has 2 nitrogen and oxygen atoms in total. The van der Waals surface area contributed by atoms with Gasteiger partial charge in [-0.15, -0.1) is 0 Å². The zero-order valence-electron chi connectivity index (χ0n) is 4.18. The van der Waals surface area contributed by atoms with Crippen LogP contribution in [0.4, 0.5) is 0 Å². The fraction of sp³-hybridized carbons (Fsp3) is 1.00. The van der Waals surface area contributed by atoms with Crippen LogP contribution in [0.1, 0.15) is 6.42 Å². The second-order valence-electron chi connectivity index (χ2n) is 2.42. The topological polar surface area (TPSA) is 21.3 Å². The van der Waals surface area contributed by atoms with E-state index in [0.29, 0.717) is 0 Å². The van der Waals surface area contributed by atoms with Crippen molar-refractivity contribution in [2.24, 2.45) is 11.8 Å². The molecule has 1 saturated heterocycles. The van der Waals surface area contributed by atoms with E-state index in [4.69, 9.17) is 4.84 Å². The van der Waals surface area contributed by atoms with Gasteiger partial charge in [0.15, 0.2) is 0 Å². The Hall–Kier alpha value is -0.0800.